The van der Waals surface area contributed by atoms with Crippen molar-refractivity contribution < 1.29 is 19.1 Å². The number of esters is 2. The fourth-order valence-electron chi connectivity index (χ4n) is 6.77. The van der Waals surface area contributed by atoms with Gasteiger partial charge >= 0.3 is 11.9 Å². The number of anilines is 1. The lowest BCUT2D eigenvalue weighted by Gasteiger charge is -2.45. The number of fused-ring (bicyclic) bond motifs is 5. The molecule has 5 rings (SSSR count). The average molecular weight is 454 g/mol. The molecule has 1 spiro atoms. The van der Waals surface area contributed by atoms with Gasteiger partial charge < -0.3 is 14.4 Å². The molecule has 0 N–H and O–H groups in total. The average Bonchev–Trinajstić information content (AvgIpc) is 3.33. The Bertz CT molecular complexity index is 1030. The first kappa shape index (κ1) is 21.3. The second kappa shape index (κ2) is 7.80. The highest BCUT2D eigenvalue weighted by Gasteiger charge is 2.72. The number of hydrogen-bond acceptors (Lipinski definition) is 5. The van der Waals surface area contributed by atoms with Crippen LogP contribution in [0.15, 0.2) is 48.5 Å². The summed E-state index contributed by atoms with van der Waals surface area (Å²) >= 11 is 6.17. The van der Waals surface area contributed by atoms with Crippen LogP contribution in [0, 0.1) is 5.41 Å². The minimum absolute atomic E-state index is 0.169. The summed E-state index contributed by atoms with van der Waals surface area (Å²) in [5.41, 5.74) is 1.68. The molecule has 0 aromatic heterocycles. The van der Waals surface area contributed by atoms with Gasteiger partial charge in [0.05, 0.1) is 26.3 Å². The molecule has 2 aromatic rings. The van der Waals surface area contributed by atoms with Crippen LogP contribution in [0.2, 0.25) is 5.02 Å². The Balaban J connectivity index is 1.78. The van der Waals surface area contributed by atoms with Crippen molar-refractivity contribution in [1.29, 1.82) is 0 Å². The van der Waals surface area contributed by atoms with Crippen molar-refractivity contribution in [3.63, 3.8) is 0 Å². The van der Waals surface area contributed by atoms with Crippen molar-refractivity contribution in [2.75, 3.05) is 19.1 Å². The number of carbonyl (C=O) groups excluding carboxylic acids is 2. The van der Waals surface area contributed by atoms with Gasteiger partial charge in [-0.3, -0.25) is 9.59 Å². The van der Waals surface area contributed by atoms with Crippen molar-refractivity contribution >= 4 is 29.2 Å². The number of benzene rings is 2. The van der Waals surface area contributed by atoms with Crippen molar-refractivity contribution in [1.82, 2.24) is 0 Å². The van der Waals surface area contributed by atoms with Crippen molar-refractivity contribution in [3.8, 4) is 0 Å². The number of hydrogen-bond donors (Lipinski definition) is 0. The van der Waals surface area contributed by atoms with Gasteiger partial charge in [0.25, 0.3) is 0 Å². The van der Waals surface area contributed by atoms with E-state index in [2.05, 4.69) is 23.1 Å². The maximum atomic E-state index is 13.5. The van der Waals surface area contributed by atoms with E-state index in [-0.39, 0.29) is 17.5 Å². The van der Waals surface area contributed by atoms with Gasteiger partial charge in [-0.25, -0.2) is 0 Å². The number of nitrogens with zero attached hydrogens (tertiary/aromatic N) is 1. The molecule has 1 saturated heterocycles. The van der Waals surface area contributed by atoms with E-state index in [1.807, 2.05) is 30.3 Å². The molecule has 2 aromatic carbocycles. The van der Waals surface area contributed by atoms with Crippen molar-refractivity contribution in [2.45, 2.75) is 56.0 Å². The van der Waals surface area contributed by atoms with Gasteiger partial charge in [0.15, 0.2) is 5.41 Å². The largest absolute Gasteiger partial charge is 0.468 e. The van der Waals surface area contributed by atoms with E-state index in [0.717, 1.165) is 36.9 Å². The van der Waals surface area contributed by atoms with E-state index >= 15 is 0 Å². The van der Waals surface area contributed by atoms with Crippen molar-refractivity contribution in [2.24, 2.45) is 5.41 Å². The Morgan fingerprint density at radius 3 is 2.19 bits per heavy atom. The first-order valence-electron chi connectivity index (χ1n) is 11.3. The summed E-state index contributed by atoms with van der Waals surface area (Å²) in [6.07, 6.45) is 5.50. The molecule has 0 bridgehead atoms. The van der Waals surface area contributed by atoms with E-state index in [4.69, 9.17) is 21.1 Å². The molecule has 1 saturated carbocycles. The second-order valence-corrected chi connectivity index (χ2v) is 9.71. The summed E-state index contributed by atoms with van der Waals surface area (Å²) in [5, 5.41) is 0.654. The summed E-state index contributed by atoms with van der Waals surface area (Å²) < 4.78 is 10.6. The topological polar surface area (TPSA) is 55.8 Å². The van der Waals surface area contributed by atoms with Gasteiger partial charge in [-0.05, 0) is 42.2 Å². The summed E-state index contributed by atoms with van der Waals surface area (Å²) in [5.74, 6) is -1.01. The Labute approximate surface area is 193 Å². The number of ether oxygens (including phenoxy) is 2. The van der Waals surface area contributed by atoms with Crippen LogP contribution in [-0.4, -0.2) is 32.2 Å². The zero-order chi connectivity index (χ0) is 22.5. The molecule has 0 unspecified atom stereocenters. The fourth-order valence-corrected chi connectivity index (χ4v) is 6.90. The van der Waals surface area contributed by atoms with E-state index in [9.17, 15) is 9.59 Å². The normalized spacial score (nSPS) is 24.7. The molecule has 2 heterocycles. The lowest BCUT2D eigenvalue weighted by molar-refractivity contribution is -0.171. The summed E-state index contributed by atoms with van der Waals surface area (Å²) in [6, 6.07) is 15.6. The molecule has 2 atom stereocenters. The van der Waals surface area contributed by atoms with Crippen LogP contribution >= 0.6 is 11.6 Å². The number of carbonyl (C=O) groups is 2. The van der Waals surface area contributed by atoms with Crippen LogP contribution in [0.3, 0.4) is 0 Å². The molecule has 0 radical (unpaired) electrons. The molecule has 3 aliphatic rings. The number of methoxy groups -OCH3 is 2. The predicted octanol–water partition coefficient (Wildman–Crippen LogP) is 5.21. The number of rotatable bonds is 3. The highest BCUT2D eigenvalue weighted by molar-refractivity contribution is 6.30. The third kappa shape index (κ3) is 2.76. The first-order valence-corrected chi connectivity index (χ1v) is 11.7. The van der Waals surface area contributed by atoms with Crippen LogP contribution < -0.4 is 4.90 Å². The molecular formula is C26H28ClNO4. The van der Waals surface area contributed by atoms with Crippen LogP contribution in [0.1, 0.15) is 55.7 Å². The zero-order valence-electron chi connectivity index (χ0n) is 18.5. The maximum Gasteiger partial charge on any atom is 0.325 e. The molecule has 6 heteroatoms. The van der Waals surface area contributed by atoms with Gasteiger partial charge in [0.2, 0.25) is 0 Å². The van der Waals surface area contributed by atoms with E-state index in [0.29, 0.717) is 11.4 Å². The van der Waals surface area contributed by atoms with E-state index in [1.165, 1.54) is 26.2 Å². The van der Waals surface area contributed by atoms with Crippen LogP contribution in [0.5, 0.6) is 0 Å². The van der Waals surface area contributed by atoms with E-state index in [1.54, 1.807) is 0 Å². The predicted molar refractivity (Wildman–Crippen MR) is 123 cm³/mol. The number of para-hydroxylation sites is 1. The Kier molecular flexibility index (Phi) is 5.20. The minimum atomic E-state index is -1.40. The molecule has 1 aliphatic carbocycles. The van der Waals surface area contributed by atoms with Gasteiger partial charge in [0, 0.05) is 22.5 Å². The van der Waals surface area contributed by atoms with Gasteiger partial charge in [-0.15, -0.1) is 0 Å². The lowest BCUT2D eigenvalue weighted by atomic mass is 9.59. The SMILES string of the molecule is COC(=O)C1(C(=O)OC)C[C@@H](c2ccc(Cl)cc2)N2c3ccccc3C3(CCCCC3)[C@@H]21. The summed E-state index contributed by atoms with van der Waals surface area (Å²) in [7, 11) is 2.73. The van der Waals surface area contributed by atoms with Gasteiger partial charge in [0.1, 0.15) is 0 Å². The van der Waals surface area contributed by atoms with E-state index < -0.39 is 17.4 Å². The smallest absolute Gasteiger partial charge is 0.325 e. The quantitative estimate of drug-likeness (QED) is 0.471. The highest BCUT2D eigenvalue weighted by atomic mass is 35.5. The van der Waals surface area contributed by atoms with Gasteiger partial charge in [-0.2, -0.15) is 0 Å². The molecule has 2 fully saturated rings. The third-order valence-electron chi connectivity index (χ3n) is 7.94. The lowest BCUT2D eigenvalue weighted by Crippen LogP contribution is -2.58. The maximum absolute atomic E-state index is 13.5. The Morgan fingerprint density at radius 1 is 0.938 bits per heavy atom. The molecular weight excluding hydrogens is 426 g/mol. The monoisotopic (exact) mass is 453 g/mol. The minimum Gasteiger partial charge on any atom is -0.468 e. The zero-order valence-corrected chi connectivity index (χ0v) is 19.2. The highest BCUT2D eigenvalue weighted by Crippen LogP contribution is 2.65. The Morgan fingerprint density at radius 2 is 1.56 bits per heavy atom. The third-order valence-corrected chi connectivity index (χ3v) is 8.19. The first-order chi connectivity index (χ1) is 15.5. The molecule has 0 amide bonds. The fraction of sp³-hybridized carbons (Fsp3) is 0.462. The van der Waals surface area contributed by atoms with Crippen LogP contribution in [0.25, 0.3) is 0 Å². The van der Waals surface area contributed by atoms with Crippen LogP contribution in [-0.2, 0) is 24.5 Å². The van der Waals surface area contributed by atoms with Crippen molar-refractivity contribution in [3.05, 3.63) is 64.7 Å². The molecule has 2 aliphatic heterocycles. The second-order valence-electron chi connectivity index (χ2n) is 9.27. The molecule has 5 nitrogen and oxygen atoms in total. The Hall–Kier alpha value is -2.53. The van der Waals surface area contributed by atoms with Crippen LogP contribution in [0.4, 0.5) is 5.69 Å². The standard InChI is InChI=1S/C26H28ClNO4/c1-31-23(29)26(24(30)32-2)16-21(17-10-12-18(27)13-11-17)28-20-9-5-4-8-19(20)25(22(26)28)14-6-3-7-15-25/h4-5,8-13,21-22H,3,6-7,14-16H2,1-2H3/t21-,22+/m0/s1. The summed E-state index contributed by atoms with van der Waals surface area (Å²) in [6.45, 7) is 0. The molecule has 32 heavy (non-hydrogen) atoms. The van der Waals surface area contributed by atoms with Gasteiger partial charge in [-0.1, -0.05) is 61.2 Å². The molecule has 168 valence electrons. The summed E-state index contributed by atoms with van der Waals surface area (Å²) in [4.78, 5) is 29.3. The number of halogens is 1.